The molecule has 8 heteroatoms. The summed E-state index contributed by atoms with van der Waals surface area (Å²) in [5, 5.41) is 0. The number of ketones is 1. The summed E-state index contributed by atoms with van der Waals surface area (Å²) in [5.41, 5.74) is -6.21. The molecule has 0 saturated heterocycles. The van der Waals surface area contributed by atoms with Crippen LogP contribution in [-0.2, 0) is 16.3 Å². The minimum Gasteiger partial charge on any atom is -0.291 e. The van der Waals surface area contributed by atoms with Crippen molar-refractivity contribution >= 4 is 15.6 Å². The molecule has 0 bridgehead atoms. The molecule has 1 aromatic carbocycles. The monoisotopic (exact) mass is 282 g/mol. The minimum absolute atomic E-state index is 0.0159. The molecule has 0 aliphatic heterocycles. The fourth-order valence-electron chi connectivity index (χ4n) is 1.82. The molecule has 0 aromatic heterocycles. The maximum absolute atomic E-state index is 13.1. The number of hydrogen-bond donors (Lipinski definition) is 0. The molecule has 0 saturated carbocycles. The van der Waals surface area contributed by atoms with Crippen LogP contribution in [0, 0.1) is 0 Å². The van der Waals surface area contributed by atoms with Crippen molar-refractivity contribution in [2.75, 3.05) is 0 Å². The molecule has 0 fully saturated rings. The predicted octanol–water partition coefficient (Wildman–Crippen LogP) is 2.06. The van der Waals surface area contributed by atoms with Gasteiger partial charge >= 0.3 is 5.51 Å². The molecule has 1 aliphatic carbocycles. The highest BCUT2D eigenvalue weighted by Crippen LogP contribution is 2.36. The van der Waals surface area contributed by atoms with E-state index in [4.69, 9.17) is 0 Å². The summed E-state index contributed by atoms with van der Waals surface area (Å²) in [7, 11) is -5.65. The number of Topliss-reactive ketones (excluding diaryl/α,β-unsaturated/α-hetero) is 1. The SMILES string of the molecule is O=C1c2c(cccc2S(=O)(=O)C(F)(F)F)CC1F. The number of fused-ring (bicyclic) bond motifs is 1. The van der Waals surface area contributed by atoms with Crippen LogP contribution >= 0.6 is 0 Å². The van der Waals surface area contributed by atoms with Crippen molar-refractivity contribution < 1.29 is 30.8 Å². The van der Waals surface area contributed by atoms with Gasteiger partial charge in [-0.2, -0.15) is 13.2 Å². The first kappa shape index (κ1) is 13.0. The molecule has 1 aliphatic rings. The van der Waals surface area contributed by atoms with Gasteiger partial charge in [0.15, 0.2) is 12.0 Å². The Bertz CT molecular complexity index is 619. The summed E-state index contributed by atoms with van der Waals surface area (Å²) >= 11 is 0. The highest BCUT2D eigenvalue weighted by atomic mass is 32.2. The van der Waals surface area contributed by atoms with E-state index in [0.717, 1.165) is 6.07 Å². The van der Waals surface area contributed by atoms with Gasteiger partial charge in [-0.15, -0.1) is 0 Å². The van der Waals surface area contributed by atoms with Crippen molar-refractivity contribution in [1.82, 2.24) is 0 Å². The molecule has 3 nitrogen and oxygen atoms in total. The van der Waals surface area contributed by atoms with E-state index in [0.29, 0.717) is 6.07 Å². The summed E-state index contributed by atoms with van der Waals surface area (Å²) in [4.78, 5) is 10.2. The standard InChI is InChI=1S/C10H6F4O3S/c11-6-4-5-2-1-3-7(8(5)9(6)15)18(16,17)10(12,13)14/h1-3,6H,4H2. The smallest absolute Gasteiger partial charge is 0.291 e. The summed E-state index contributed by atoms with van der Waals surface area (Å²) in [6, 6.07) is 2.96. The van der Waals surface area contributed by atoms with Gasteiger partial charge in [-0.1, -0.05) is 12.1 Å². The highest BCUT2D eigenvalue weighted by Gasteiger charge is 2.50. The van der Waals surface area contributed by atoms with Crippen molar-refractivity contribution in [3.05, 3.63) is 29.3 Å². The van der Waals surface area contributed by atoms with E-state index in [1.807, 2.05) is 0 Å². The first-order valence-corrected chi connectivity index (χ1v) is 6.26. The zero-order valence-corrected chi connectivity index (χ0v) is 9.48. The van der Waals surface area contributed by atoms with Crippen LogP contribution in [0.1, 0.15) is 15.9 Å². The van der Waals surface area contributed by atoms with Crippen LogP contribution in [0.5, 0.6) is 0 Å². The highest BCUT2D eigenvalue weighted by molar-refractivity contribution is 7.92. The van der Waals surface area contributed by atoms with Crippen molar-refractivity contribution in [3.63, 3.8) is 0 Å². The molecular formula is C10H6F4O3S. The Morgan fingerprint density at radius 1 is 1.22 bits per heavy atom. The average Bonchev–Trinajstić information content (AvgIpc) is 2.53. The van der Waals surface area contributed by atoms with Crippen molar-refractivity contribution in [1.29, 1.82) is 0 Å². The molecule has 18 heavy (non-hydrogen) atoms. The number of alkyl halides is 4. The second-order valence-electron chi connectivity index (χ2n) is 3.78. The normalized spacial score (nSPS) is 20.0. The lowest BCUT2D eigenvalue weighted by atomic mass is 10.1. The lowest BCUT2D eigenvalue weighted by Crippen LogP contribution is -2.25. The number of hydrogen-bond acceptors (Lipinski definition) is 3. The Labute approximate surface area is 99.3 Å². The largest absolute Gasteiger partial charge is 0.501 e. The van der Waals surface area contributed by atoms with Gasteiger partial charge in [0.1, 0.15) is 0 Å². The van der Waals surface area contributed by atoms with Gasteiger partial charge in [-0.25, -0.2) is 12.8 Å². The van der Waals surface area contributed by atoms with E-state index >= 15 is 0 Å². The Hall–Kier alpha value is -1.44. The number of rotatable bonds is 1. The van der Waals surface area contributed by atoms with Crippen LogP contribution in [0.25, 0.3) is 0 Å². The first-order valence-electron chi connectivity index (χ1n) is 4.78. The summed E-state index contributed by atoms with van der Waals surface area (Å²) in [6.45, 7) is 0. The van der Waals surface area contributed by atoms with Crippen LogP contribution < -0.4 is 0 Å². The number of benzene rings is 1. The second kappa shape index (κ2) is 3.78. The molecule has 0 spiro atoms. The third-order valence-corrected chi connectivity index (χ3v) is 4.17. The molecular weight excluding hydrogens is 276 g/mol. The van der Waals surface area contributed by atoms with Crippen molar-refractivity contribution in [2.24, 2.45) is 0 Å². The van der Waals surface area contributed by atoms with Crippen molar-refractivity contribution in [2.45, 2.75) is 23.0 Å². The second-order valence-corrected chi connectivity index (χ2v) is 5.68. The lowest BCUT2D eigenvalue weighted by Gasteiger charge is -2.10. The van der Waals surface area contributed by atoms with E-state index in [1.165, 1.54) is 6.07 Å². The zero-order chi connectivity index (χ0) is 13.7. The van der Waals surface area contributed by atoms with Gasteiger partial charge in [0.05, 0.1) is 4.90 Å². The molecule has 0 radical (unpaired) electrons. The average molecular weight is 282 g/mol. The zero-order valence-electron chi connectivity index (χ0n) is 8.66. The predicted molar refractivity (Wildman–Crippen MR) is 52.6 cm³/mol. The summed E-state index contributed by atoms with van der Waals surface area (Å²) in [5.74, 6) is -1.21. The van der Waals surface area contributed by atoms with Crippen LogP contribution in [-0.4, -0.2) is 25.9 Å². The molecule has 0 heterocycles. The molecule has 0 amide bonds. The molecule has 2 rings (SSSR count). The van der Waals surface area contributed by atoms with Gasteiger partial charge in [-0.3, -0.25) is 4.79 Å². The van der Waals surface area contributed by atoms with E-state index in [2.05, 4.69) is 0 Å². The van der Waals surface area contributed by atoms with E-state index in [-0.39, 0.29) is 5.56 Å². The first-order chi connectivity index (χ1) is 8.16. The molecule has 0 N–H and O–H groups in total. The van der Waals surface area contributed by atoms with Crippen LogP contribution in [0.3, 0.4) is 0 Å². The third kappa shape index (κ3) is 1.71. The lowest BCUT2D eigenvalue weighted by molar-refractivity contribution is -0.0436. The molecule has 98 valence electrons. The summed E-state index contributed by atoms with van der Waals surface area (Å²) in [6.07, 6.45) is -2.38. The van der Waals surface area contributed by atoms with Crippen molar-refractivity contribution in [3.8, 4) is 0 Å². The quantitative estimate of drug-likeness (QED) is 0.741. The Morgan fingerprint density at radius 3 is 2.39 bits per heavy atom. The number of halogens is 4. The maximum Gasteiger partial charge on any atom is 0.501 e. The molecule has 1 aromatic rings. The number of sulfone groups is 1. The summed E-state index contributed by atoms with van der Waals surface area (Å²) < 4.78 is 72.9. The third-order valence-electron chi connectivity index (χ3n) is 2.64. The van der Waals surface area contributed by atoms with Gasteiger partial charge in [0, 0.05) is 12.0 Å². The van der Waals surface area contributed by atoms with E-state index in [9.17, 15) is 30.8 Å². The Kier molecular flexibility index (Phi) is 2.73. The molecule has 1 unspecified atom stereocenters. The number of carbonyl (C=O) groups is 1. The molecule has 1 atom stereocenters. The van der Waals surface area contributed by atoms with E-state index < -0.39 is 44.2 Å². The van der Waals surface area contributed by atoms with Gasteiger partial charge in [0.2, 0.25) is 0 Å². The maximum atomic E-state index is 13.1. The minimum atomic E-state index is -5.65. The Morgan fingerprint density at radius 2 is 1.83 bits per heavy atom. The van der Waals surface area contributed by atoms with Crippen LogP contribution in [0.15, 0.2) is 23.1 Å². The van der Waals surface area contributed by atoms with E-state index in [1.54, 1.807) is 0 Å². The van der Waals surface area contributed by atoms with Crippen LogP contribution in [0.2, 0.25) is 0 Å². The Balaban J connectivity index is 2.71. The van der Waals surface area contributed by atoms with Crippen LogP contribution in [0.4, 0.5) is 17.6 Å². The number of carbonyl (C=O) groups excluding carboxylic acids is 1. The van der Waals surface area contributed by atoms with Gasteiger partial charge < -0.3 is 0 Å². The fourth-order valence-corrected chi connectivity index (χ4v) is 2.82. The van der Waals surface area contributed by atoms with Gasteiger partial charge in [0.25, 0.3) is 9.84 Å². The fraction of sp³-hybridized carbons (Fsp3) is 0.300. The van der Waals surface area contributed by atoms with Gasteiger partial charge in [-0.05, 0) is 11.6 Å². The topological polar surface area (TPSA) is 51.2 Å².